The van der Waals surface area contributed by atoms with Crippen LogP contribution in [0.4, 0.5) is 0 Å². The van der Waals surface area contributed by atoms with Crippen LogP contribution in [-0.2, 0) is 6.54 Å². The van der Waals surface area contributed by atoms with Crippen LogP contribution in [0.1, 0.15) is 15.9 Å². The molecule has 2 aromatic rings. The second-order valence-electron chi connectivity index (χ2n) is 3.65. The molecule has 1 aromatic carbocycles. The van der Waals surface area contributed by atoms with Gasteiger partial charge in [0.05, 0.1) is 6.20 Å². The highest BCUT2D eigenvalue weighted by atomic mass is 127. The van der Waals surface area contributed by atoms with Crippen molar-refractivity contribution in [2.24, 2.45) is 0 Å². The van der Waals surface area contributed by atoms with E-state index >= 15 is 0 Å². The Kier molecular flexibility index (Phi) is 3.38. The Morgan fingerprint density at radius 2 is 2.06 bits per heavy atom. The number of rotatable bonds is 3. The zero-order valence-corrected chi connectivity index (χ0v) is 11.0. The number of aromatic nitrogens is 2. The van der Waals surface area contributed by atoms with Gasteiger partial charge in [0.2, 0.25) is 0 Å². The summed E-state index contributed by atoms with van der Waals surface area (Å²) in [6.45, 7) is 2.26. The van der Waals surface area contributed by atoms with Crippen molar-refractivity contribution in [1.29, 1.82) is 0 Å². The predicted octanol–water partition coefficient (Wildman–Crippen LogP) is 2.68. The average molecular weight is 326 g/mol. The number of hydrogen-bond acceptors (Lipinski definition) is 2. The molecule has 0 atom stereocenters. The van der Waals surface area contributed by atoms with Crippen molar-refractivity contribution in [3.8, 4) is 0 Å². The molecule has 0 spiro atoms. The highest BCUT2D eigenvalue weighted by Gasteiger charge is 2.06. The van der Waals surface area contributed by atoms with Gasteiger partial charge in [-0.15, -0.1) is 0 Å². The second-order valence-corrected chi connectivity index (χ2v) is 4.89. The van der Waals surface area contributed by atoms with Gasteiger partial charge in [0.15, 0.2) is 5.78 Å². The number of benzene rings is 1. The molecule has 4 heteroatoms. The van der Waals surface area contributed by atoms with Gasteiger partial charge in [-0.3, -0.25) is 9.48 Å². The molecule has 0 N–H and O–H groups in total. The van der Waals surface area contributed by atoms with Crippen molar-refractivity contribution in [3.05, 3.63) is 51.4 Å². The number of carbonyl (C=O) groups excluding carboxylic acids is 1. The van der Waals surface area contributed by atoms with E-state index in [-0.39, 0.29) is 5.78 Å². The van der Waals surface area contributed by atoms with Crippen LogP contribution in [0, 0.1) is 10.5 Å². The number of nitrogens with zero attached hydrogens (tertiary/aromatic N) is 2. The number of aryl methyl sites for hydroxylation is 1. The minimum atomic E-state index is 0.0829. The number of hydrogen-bond donors (Lipinski definition) is 0. The summed E-state index contributed by atoms with van der Waals surface area (Å²) >= 11 is 2.22. The van der Waals surface area contributed by atoms with Gasteiger partial charge in [-0.1, -0.05) is 12.1 Å². The molecule has 82 valence electrons. The molecule has 2 rings (SSSR count). The monoisotopic (exact) mass is 326 g/mol. The Balaban J connectivity index is 2.11. The zero-order valence-electron chi connectivity index (χ0n) is 8.85. The molecular weight excluding hydrogens is 315 g/mol. The fourth-order valence-electron chi connectivity index (χ4n) is 1.43. The minimum Gasteiger partial charge on any atom is -0.292 e. The average Bonchev–Trinajstić information content (AvgIpc) is 2.65. The van der Waals surface area contributed by atoms with Gasteiger partial charge in [-0.25, -0.2) is 0 Å². The molecule has 1 heterocycles. The number of carbonyl (C=O) groups is 1. The summed E-state index contributed by atoms with van der Waals surface area (Å²) < 4.78 is 2.79. The Morgan fingerprint density at radius 3 is 2.62 bits per heavy atom. The summed E-state index contributed by atoms with van der Waals surface area (Å²) in [7, 11) is 0. The van der Waals surface area contributed by atoms with Gasteiger partial charge in [-0.05, 0) is 47.2 Å². The van der Waals surface area contributed by atoms with Gasteiger partial charge in [0, 0.05) is 15.3 Å². The largest absolute Gasteiger partial charge is 0.292 e. The van der Waals surface area contributed by atoms with Crippen molar-refractivity contribution in [1.82, 2.24) is 9.78 Å². The lowest BCUT2D eigenvalue weighted by Crippen LogP contribution is -2.10. The second kappa shape index (κ2) is 4.78. The number of Topliss-reactive ketones (excluding diaryl/α,β-unsaturated/α-hetero) is 1. The molecule has 0 aliphatic rings. The standard InChI is InChI=1S/C12H11IN2O/c1-9-6-14-15(7-9)8-12(16)10-2-4-11(13)5-3-10/h2-7H,8H2,1H3. The molecule has 3 nitrogen and oxygen atoms in total. The van der Waals surface area contributed by atoms with Crippen molar-refractivity contribution >= 4 is 28.4 Å². The number of ketones is 1. The molecule has 0 fully saturated rings. The molecule has 0 unspecified atom stereocenters. The highest BCUT2D eigenvalue weighted by Crippen LogP contribution is 2.08. The third kappa shape index (κ3) is 2.69. The maximum atomic E-state index is 11.9. The smallest absolute Gasteiger partial charge is 0.184 e. The molecule has 1 aromatic heterocycles. The van der Waals surface area contributed by atoms with Crippen molar-refractivity contribution < 1.29 is 4.79 Å². The summed E-state index contributed by atoms with van der Waals surface area (Å²) in [4.78, 5) is 11.9. The molecular formula is C12H11IN2O. The van der Waals surface area contributed by atoms with Crippen LogP contribution < -0.4 is 0 Å². The topological polar surface area (TPSA) is 34.9 Å². The van der Waals surface area contributed by atoms with Gasteiger partial charge in [0.25, 0.3) is 0 Å². The minimum absolute atomic E-state index is 0.0829. The van der Waals surface area contributed by atoms with Gasteiger partial charge in [-0.2, -0.15) is 5.10 Å². The quantitative estimate of drug-likeness (QED) is 0.642. The lowest BCUT2D eigenvalue weighted by atomic mass is 10.1. The Morgan fingerprint density at radius 1 is 1.38 bits per heavy atom. The Bertz CT molecular complexity index is 502. The first-order chi connectivity index (χ1) is 7.65. The van der Waals surface area contributed by atoms with Crippen molar-refractivity contribution in [3.63, 3.8) is 0 Å². The molecule has 16 heavy (non-hydrogen) atoms. The first-order valence-electron chi connectivity index (χ1n) is 4.93. The summed E-state index contributed by atoms with van der Waals surface area (Å²) in [6.07, 6.45) is 3.62. The number of halogens is 1. The van der Waals surface area contributed by atoms with Gasteiger partial charge in [0.1, 0.15) is 6.54 Å². The van der Waals surface area contributed by atoms with Crippen LogP contribution in [-0.4, -0.2) is 15.6 Å². The molecule has 0 amide bonds. The zero-order chi connectivity index (χ0) is 11.5. The van der Waals surface area contributed by atoms with E-state index in [1.807, 2.05) is 37.4 Å². The van der Waals surface area contributed by atoms with E-state index in [0.29, 0.717) is 6.54 Å². The lowest BCUT2D eigenvalue weighted by molar-refractivity contribution is 0.0967. The fourth-order valence-corrected chi connectivity index (χ4v) is 1.79. The third-order valence-electron chi connectivity index (χ3n) is 2.23. The van der Waals surface area contributed by atoms with E-state index in [4.69, 9.17) is 0 Å². The van der Waals surface area contributed by atoms with Crippen LogP contribution in [0.25, 0.3) is 0 Å². The Hall–Kier alpha value is -1.17. The van der Waals surface area contributed by atoms with Crippen molar-refractivity contribution in [2.45, 2.75) is 13.5 Å². The van der Waals surface area contributed by atoms with E-state index in [9.17, 15) is 4.79 Å². The van der Waals surface area contributed by atoms with Crippen LogP contribution in [0.2, 0.25) is 0 Å². The Labute approximate surface area is 108 Å². The van der Waals surface area contributed by atoms with E-state index in [1.54, 1.807) is 10.9 Å². The summed E-state index contributed by atoms with van der Waals surface area (Å²) in [5.74, 6) is 0.0829. The van der Waals surface area contributed by atoms with E-state index in [2.05, 4.69) is 27.7 Å². The first-order valence-corrected chi connectivity index (χ1v) is 6.01. The maximum Gasteiger partial charge on any atom is 0.184 e. The van der Waals surface area contributed by atoms with E-state index < -0.39 is 0 Å². The molecule has 0 saturated carbocycles. The van der Waals surface area contributed by atoms with Gasteiger partial charge < -0.3 is 0 Å². The van der Waals surface area contributed by atoms with Crippen LogP contribution in [0.15, 0.2) is 36.7 Å². The van der Waals surface area contributed by atoms with Crippen LogP contribution in [0.3, 0.4) is 0 Å². The van der Waals surface area contributed by atoms with Gasteiger partial charge >= 0.3 is 0 Å². The molecule has 0 saturated heterocycles. The highest BCUT2D eigenvalue weighted by molar-refractivity contribution is 14.1. The summed E-state index contributed by atoms with van der Waals surface area (Å²) in [5.41, 5.74) is 1.80. The molecule has 0 bridgehead atoms. The maximum absolute atomic E-state index is 11.9. The fraction of sp³-hybridized carbons (Fsp3) is 0.167. The molecule has 0 aliphatic heterocycles. The van der Waals surface area contributed by atoms with Crippen LogP contribution in [0.5, 0.6) is 0 Å². The van der Waals surface area contributed by atoms with Crippen molar-refractivity contribution in [2.75, 3.05) is 0 Å². The predicted molar refractivity (Wildman–Crippen MR) is 70.5 cm³/mol. The van der Waals surface area contributed by atoms with Crippen LogP contribution >= 0.6 is 22.6 Å². The third-order valence-corrected chi connectivity index (χ3v) is 2.95. The summed E-state index contributed by atoms with van der Waals surface area (Å²) in [5, 5.41) is 4.09. The normalized spacial score (nSPS) is 10.4. The molecule has 0 radical (unpaired) electrons. The van der Waals surface area contributed by atoms with E-state index in [0.717, 1.165) is 14.7 Å². The SMILES string of the molecule is Cc1cnn(CC(=O)c2ccc(I)cc2)c1. The van der Waals surface area contributed by atoms with E-state index in [1.165, 1.54) is 0 Å². The summed E-state index contributed by atoms with van der Waals surface area (Å²) in [6, 6.07) is 7.56. The molecule has 0 aliphatic carbocycles. The lowest BCUT2D eigenvalue weighted by Gasteiger charge is -2.01. The first kappa shape index (κ1) is 11.3.